The fourth-order valence-electron chi connectivity index (χ4n) is 2.89. The number of amides is 1. The minimum atomic E-state index is 0.233. The molecule has 0 saturated heterocycles. The quantitative estimate of drug-likeness (QED) is 0.840. The molecule has 1 aliphatic carbocycles. The molecule has 0 spiro atoms. The van der Waals surface area contributed by atoms with E-state index in [-0.39, 0.29) is 11.8 Å². The Bertz CT molecular complexity index is 707. The van der Waals surface area contributed by atoms with Gasteiger partial charge >= 0.3 is 0 Å². The molecule has 0 bridgehead atoms. The summed E-state index contributed by atoms with van der Waals surface area (Å²) >= 11 is 0. The van der Waals surface area contributed by atoms with Crippen LogP contribution in [-0.2, 0) is 11.2 Å². The summed E-state index contributed by atoms with van der Waals surface area (Å²) in [5, 5.41) is 1.07. The van der Waals surface area contributed by atoms with Gasteiger partial charge in [0.25, 0.3) is 0 Å². The van der Waals surface area contributed by atoms with Crippen LogP contribution in [0.5, 0.6) is 5.75 Å². The van der Waals surface area contributed by atoms with Crippen molar-refractivity contribution in [2.24, 2.45) is 5.92 Å². The number of rotatable bonds is 2. The molecule has 4 nitrogen and oxygen atoms in total. The Kier molecular flexibility index (Phi) is 2.46. The summed E-state index contributed by atoms with van der Waals surface area (Å²) in [6.07, 6.45) is 2.96. The van der Waals surface area contributed by atoms with Crippen LogP contribution in [0.2, 0.25) is 0 Å². The lowest BCUT2D eigenvalue weighted by Gasteiger charge is -2.16. The standard InChI is InChI=1S/C16H16N2O2/c1-20-13-4-2-3-11-9-12-7-8-18(15(12)17-14(11)13)16(19)10-5-6-10/h2-4,9-10H,5-8H2,1H3. The largest absolute Gasteiger partial charge is 0.494 e. The second-order valence-corrected chi connectivity index (χ2v) is 5.52. The summed E-state index contributed by atoms with van der Waals surface area (Å²) < 4.78 is 5.38. The molecular formula is C16H16N2O2. The molecule has 1 amide bonds. The number of benzene rings is 1. The Labute approximate surface area is 117 Å². The SMILES string of the molecule is COc1cccc2cc3c(nc12)N(C(=O)C1CC1)CC3. The van der Waals surface area contributed by atoms with Gasteiger partial charge in [0.05, 0.1) is 7.11 Å². The molecule has 0 radical (unpaired) electrons. The van der Waals surface area contributed by atoms with Crippen molar-refractivity contribution in [3.8, 4) is 5.75 Å². The molecule has 1 fully saturated rings. The number of methoxy groups -OCH3 is 1. The van der Waals surface area contributed by atoms with Crippen molar-refractivity contribution in [2.45, 2.75) is 19.3 Å². The van der Waals surface area contributed by atoms with Gasteiger partial charge in [-0.2, -0.15) is 0 Å². The van der Waals surface area contributed by atoms with E-state index in [2.05, 4.69) is 6.07 Å². The molecule has 0 unspecified atom stereocenters. The zero-order valence-electron chi connectivity index (χ0n) is 11.4. The van der Waals surface area contributed by atoms with Crippen molar-refractivity contribution in [1.82, 2.24) is 4.98 Å². The van der Waals surface area contributed by atoms with E-state index in [1.807, 2.05) is 23.1 Å². The second kappa shape index (κ2) is 4.20. The van der Waals surface area contributed by atoms with Crippen molar-refractivity contribution < 1.29 is 9.53 Å². The Hall–Kier alpha value is -2.10. The van der Waals surface area contributed by atoms with Crippen LogP contribution in [0, 0.1) is 5.92 Å². The van der Waals surface area contributed by atoms with Crippen molar-refractivity contribution in [1.29, 1.82) is 0 Å². The van der Waals surface area contributed by atoms with Gasteiger partial charge in [-0.25, -0.2) is 4.98 Å². The van der Waals surface area contributed by atoms with Crippen LogP contribution in [0.3, 0.4) is 0 Å². The highest BCUT2D eigenvalue weighted by Crippen LogP contribution is 2.37. The predicted molar refractivity (Wildman–Crippen MR) is 77.1 cm³/mol. The molecule has 4 rings (SSSR count). The first-order valence-corrected chi connectivity index (χ1v) is 7.06. The normalized spacial score (nSPS) is 17.4. The van der Waals surface area contributed by atoms with Crippen LogP contribution in [0.1, 0.15) is 18.4 Å². The maximum absolute atomic E-state index is 12.3. The van der Waals surface area contributed by atoms with Gasteiger partial charge < -0.3 is 4.74 Å². The lowest BCUT2D eigenvalue weighted by Crippen LogP contribution is -2.30. The van der Waals surface area contributed by atoms with E-state index in [1.54, 1.807) is 7.11 Å². The van der Waals surface area contributed by atoms with Crippen LogP contribution >= 0.6 is 0 Å². The van der Waals surface area contributed by atoms with Gasteiger partial charge in [-0.3, -0.25) is 9.69 Å². The number of ether oxygens (including phenoxy) is 1. The summed E-state index contributed by atoms with van der Waals surface area (Å²) in [4.78, 5) is 18.9. The molecule has 2 heterocycles. The molecule has 2 aromatic rings. The fraction of sp³-hybridized carbons (Fsp3) is 0.375. The third kappa shape index (κ3) is 1.68. The lowest BCUT2D eigenvalue weighted by molar-refractivity contribution is -0.119. The number of carbonyl (C=O) groups is 1. The molecule has 1 aromatic heterocycles. The van der Waals surface area contributed by atoms with Gasteiger partial charge in [0.15, 0.2) is 0 Å². The van der Waals surface area contributed by atoms with Crippen molar-refractivity contribution in [3.05, 3.63) is 29.8 Å². The van der Waals surface area contributed by atoms with Crippen LogP contribution in [0.4, 0.5) is 5.82 Å². The highest BCUT2D eigenvalue weighted by atomic mass is 16.5. The first-order chi connectivity index (χ1) is 9.78. The van der Waals surface area contributed by atoms with Crippen molar-refractivity contribution in [3.63, 3.8) is 0 Å². The van der Waals surface area contributed by atoms with E-state index in [1.165, 1.54) is 5.56 Å². The van der Waals surface area contributed by atoms with Gasteiger partial charge in [-0.05, 0) is 37.0 Å². The van der Waals surface area contributed by atoms with Crippen molar-refractivity contribution >= 4 is 22.6 Å². The van der Waals surface area contributed by atoms with Gasteiger partial charge in [-0.15, -0.1) is 0 Å². The number of aromatic nitrogens is 1. The Balaban J connectivity index is 1.85. The van der Waals surface area contributed by atoms with Gasteiger partial charge in [0.2, 0.25) is 5.91 Å². The number of anilines is 1. The highest BCUT2D eigenvalue weighted by molar-refractivity contribution is 5.99. The Morgan fingerprint density at radius 1 is 1.40 bits per heavy atom. The molecule has 0 N–H and O–H groups in total. The second-order valence-electron chi connectivity index (χ2n) is 5.52. The summed E-state index contributed by atoms with van der Waals surface area (Å²) in [6.45, 7) is 0.760. The Morgan fingerprint density at radius 3 is 3.00 bits per heavy atom. The van der Waals surface area contributed by atoms with Crippen LogP contribution < -0.4 is 9.64 Å². The average Bonchev–Trinajstić information content (AvgIpc) is 3.24. The van der Waals surface area contributed by atoms with E-state index in [9.17, 15) is 4.79 Å². The summed E-state index contributed by atoms with van der Waals surface area (Å²) in [7, 11) is 1.65. The van der Waals surface area contributed by atoms with Crippen LogP contribution in [-0.4, -0.2) is 24.5 Å². The number of carbonyl (C=O) groups excluding carboxylic acids is 1. The molecule has 0 atom stereocenters. The zero-order valence-corrected chi connectivity index (χ0v) is 11.4. The monoisotopic (exact) mass is 268 g/mol. The Morgan fingerprint density at radius 2 is 2.25 bits per heavy atom. The maximum Gasteiger partial charge on any atom is 0.231 e. The van der Waals surface area contributed by atoms with Gasteiger partial charge in [-0.1, -0.05) is 12.1 Å². The summed E-state index contributed by atoms with van der Waals surface area (Å²) in [6, 6.07) is 8.05. The zero-order chi connectivity index (χ0) is 13.7. The number of pyridine rings is 1. The number of nitrogens with zero attached hydrogens (tertiary/aromatic N) is 2. The van der Waals surface area contributed by atoms with E-state index in [0.29, 0.717) is 0 Å². The van der Waals surface area contributed by atoms with Gasteiger partial charge in [0.1, 0.15) is 17.1 Å². The smallest absolute Gasteiger partial charge is 0.231 e. The molecule has 20 heavy (non-hydrogen) atoms. The van der Waals surface area contributed by atoms with E-state index in [4.69, 9.17) is 9.72 Å². The van der Waals surface area contributed by atoms with Gasteiger partial charge in [0, 0.05) is 17.8 Å². The number of hydrogen-bond donors (Lipinski definition) is 0. The van der Waals surface area contributed by atoms with Crippen LogP contribution in [0.25, 0.3) is 10.9 Å². The maximum atomic E-state index is 12.3. The molecule has 1 saturated carbocycles. The lowest BCUT2D eigenvalue weighted by atomic mass is 10.1. The number of para-hydroxylation sites is 1. The number of fused-ring (bicyclic) bond motifs is 2. The fourth-order valence-corrected chi connectivity index (χ4v) is 2.89. The summed E-state index contributed by atoms with van der Waals surface area (Å²) in [5.41, 5.74) is 2.00. The van der Waals surface area contributed by atoms with E-state index in [0.717, 1.165) is 48.3 Å². The molecule has 1 aliphatic heterocycles. The van der Waals surface area contributed by atoms with Crippen LogP contribution in [0.15, 0.2) is 24.3 Å². The molecule has 1 aromatic carbocycles. The van der Waals surface area contributed by atoms with E-state index >= 15 is 0 Å². The summed E-state index contributed by atoms with van der Waals surface area (Å²) in [5.74, 6) is 2.07. The minimum absolute atomic E-state index is 0.233. The molecule has 4 heteroatoms. The average molecular weight is 268 g/mol. The molecular weight excluding hydrogens is 252 g/mol. The third-order valence-corrected chi connectivity index (χ3v) is 4.14. The molecule has 102 valence electrons. The first kappa shape index (κ1) is 11.7. The predicted octanol–water partition coefficient (Wildman–Crippen LogP) is 2.54. The number of hydrogen-bond acceptors (Lipinski definition) is 3. The highest BCUT2D eigenvalue weighted by Gasteiger charge is 2.37. The molecule has 2 aliphatic rings. The minimum Gasteiger partial charge on any atom is -0.494 e. The first-order valence-electron chi connectivity index (χ1n) is 7.06. The third-order valence-electron chi connectivity index (χ3n) is 4.14. The topological polar surface area (TPSA) is 42.4 Å². The van der Waals surface area contributed by atoms with Crippen molar-refractivity contribution in [2.75, 3.05) is 18.6 Å². The van der Waals surface area contributed by atoms with E-state index < -0.39 is 0 Å².